The molecule has 2 rings (SSSR count). The van der Waals surface area contributed by atoms with E-state index in [2.05, 4.69) is 51.1 Å². The molecule has 0 bridgehead atoms. The van der Waals surface area contributed by atoms with Crippen molar-refractivity contribution in [3.8, 4) is 0 Å². The monoisotopic (exact) mass is 292 g/mol. The minimum absolute atomic E-state index is 0.430. The van der Waals surface area contributed by atoms with Gasteiger partial charge in [-0.15, -0.1) is 0 Å². The van der Waals surface area contributed by atoms with Crippen LogP contribution in [0, 0.1) is 13.8 Å². The Morgan fingerprint density at radius 2 is 2.00 bits per heavy atom. The second-order valence-corrected chi connectivity index (χ2v) is 4.62. The van der Waals surface area contributed by atoms with Gasteiger partial charge in [0.05, 0.1) is 0 Å². The molecule has 0 spiro atoms. The molecule has 3 N–H and O–H groups in total. The van der Waals surface area contributed by atoms with E-state index in [-0.39, 0.29) is 0 Å². The van der Waals surface area contributed by atoms with E-state index < -0.39 is 0 Å². The molecule has 0 aliphatic carbocycles. The van der Waals surface area contributed by atoms with E-state index in [9.17, 15) is 0 Å². The summed E-state index contributed by atoms with van der Waals surface area (Å²) in [6, 6.07) is 7.71. The fourth-order valence-corrected chi connectivity index (χ4v) is 1.90. The van der Waals surface area contributed by atoms with Crippen molar-refractivity contribution in [1.82, 2.24) is 9.97 Å². The Morgan fingerprint density at radius 3 is 2.71 bits per heavy atom. The molecule has 0 saturated heterocycles. The van der Waals surface area contributed by atoms with Crippen LogP contribution in [0.1, 0.15) is 11.1 Å². The van der Waals surface area contributed by atoms with Crippen LogP contribution in [0.5, 0.6) is 0 Å². The summed E-state index contributed by atoms with van der Waals surface area (Å²) in [5, 5.41) is 3.16. The molecule has 1 heterocycles. The van der Waals surface area contributed by atoms with E-state index in [0.29, 0.717) is 16.4 Å². The van der Waals surface area contributed by atoms with Crippen LogP contribution in [0.25, 0.3) is 0 Å². The summed E-state index contributed by atoms with van der Waals surface area (Å²) >= 11 is 3.29. The summed E-state index contributed by atoms with van der Waals surface area (Å²) in [6.45, 7) is 4.12. The molecule has 5 heteroatoms. The van der Waals surface area contributed by atoms with Gasteiger partial charge in [0.15, 0.2) is 0 Å². The van der Waals surface area contributed by atoms with Crippen molar-refractivity contribution in [2.45, 2.75) is 13.8 Å². The van der Waals surface area contributed by atoms with Crippen LogP contribution >= 0.6 is 15.9 Å². The van der Waals surface area contributed by atoms with Gasteiger partial charge in [0.25, 0.3) is 0 Å². The quantitative estimate of drug-likeness (QED) is 0.835. The van der Waals surface area contributed by atoms with Gasteiger partial charge in [0.1, 0.15) is 10.4 Å². The SMILES string of the molecule is Cc1cccc(Nc2nc(N)cc(Br)n2)c1C. The summed E-state index contributed by atoms with van der Waals surface area (Å²) < 4.78 is 0.665. The molecule has 0 atom stereocenters. The van der Waals surface area contributed by atoms with Crippen molar-refractivity contribution in [1.29, 1.82) is 0 Å². The van der Waals surface area contributed by atoms with Gasteiger partial charge in [0, 0.05) is 11.8 Å². The summed E-state index contributed by atoms with van der Waals surface area (Å²) in [4.78, 5) is 8.34. The molecule has 4 nitrogen and oxygen atoms in total. The molecule has 0 radical (unpaired) electrons. The lowest BCUT2D eigenvalue weighted by atomic mass is 10.1. The Morgan fingerprint density at radius 1 is 1.24 bits per heavy atom. The van der Waals surface area contributed by atoms with Gasteiger partial charge < -0.3 is 11.1 Å². The highest BCUT2D eigenvalue weighted by molar-refractivity contribution is 9.10. The fourth-order valence-electron chi connectivity index (χ4n) is 1.50. The Bertz CT molecular complexity index is 534. The number of hydrogen-bond donors (Lipinski definition) is 2. The van der Waals surface area contributed by atoms with Crippen molar-refractivity contribution >= 4 is 33.4 Å². The van der Waals surface area contributed by atoms with Crippen LogP contribution in [-0.4, -0.2) is 9.97 Å². The number of aryl methyl sites for hydroxylation is 1. The van der Waals surface area contributed by atoms with E-state index in [4.69, 9.17) is 5.73 Å². The first-order valence-corrected chi connectivity index (χ1v) is 5.99. The zero-order valence-corrected chi connectivity index (χ0v) is 11.2. The van der Waals surface area contributed by atoms with Crippen LogP contribution < -0.4 is 11.1 Å². The topological polar surface area (TPSA) is 63.8 Å². The lowest BCUT2D eigenvalue weighted by molar-refractivity contribution is 1.14. The van der Waals surface area contributed by atoms with Crippen molar-refractivity contribution < 1.29 is 0 Å². The number of nitrogens with two attached hydrogens (primary N) is 1. The Labute approximate surface area is 108 Å². The fraction of sp³-hybridized carbons (Fsp3) is 0.167. The molecule has 0 saturated carbocycles. The number of aromatic nitrogens is 2. The highest BCUT2D eigenvalue weighted by atomic mass is 79.9. The number of rotatable bonds is 2. The normalized spacial score (nSPS) is 10.3. The number of nitrogens with one attached hydrogen (secondary N) is 1. The maximum absolute atomic E-state index is 5.66. The third kappa shape index (κ3) is 2.74. The van der Waals surface area contributed by atoms with Crippen LogP contribution in [0.15, 0.2) is 28.9 Å². The minimum Gasteiger partial charge on any atom is -0.383 e. The van der Waals surface area contributed by atoms with Crippen LogP contribution in [0.2, 0.25) is 0 Å². The summed E-state index contributed by atoms with van der Waals surface area (Å²) in [7, 11) is 0. The lowest BCUT2D eigenvalue weighted by Crippen LogP contribution is -2.02. The lowest BCUT2D eigenvalue weighted by Gasteiger charge is -2.10. The average molecular weight is 293 g/mol. The molecule has 1 aromatic heterocycles. The van der Waals surface area contributed by atoms with E-state index in [1.165, 1.54) is 11.1 Å². The first kappa shape index (κ1) is 11.9. The number of hydrogen-bond acceptors (Lipinski definition) is 4. The van der Waals surface area contributed by atoms with Gasteiger partial charge >= 0.3 is 0 Å². The molecule has 17 heavy (non-hydrogen) atoms. The predicted molar refractivity (Wildman–Crippen MR) is 73.3 cm³/mol. The van der Waals surface area contributed by atoms with Crippen LogP contribution in [-0.2, 0) is 0 Å². The first-order chi connectivity index (χ1) is 8.06. The van der Waals surface area contributed by atoms with E-state index in [1.54, 1.807) is 6.07 Å². The van der Waals surface area contributed by atoms with Gasteiger partial charge in [-0.25, -0.2) is 4.98 Å². The maximum atomic E-state index is 5.66. The van der Waals surface area contributed by atoms with Gasteiger partial charge in [0.2, 0.25) is 5.95 Å². The molecular formula is C12H13BrN4. The molecule has 0 aliphatic heterocycles. The van der Waals surface area contributed by atoms with Crippen LogP contribution in [0.4, 0.5) is 17.5 Å². The summed E-state index contributed by atoms with van der Waals surface area (Å²) in [5.41, 5.74) is 9.04. The number of halogens is 1. The number of anilines is 3. The summed E-state index contributed by atoms with van der Waals surface area (Å²) in [5.74, 6) is 0.922. The number of nitrogens with zero attached hydrogens (tertiary/aromatic N) is 2. The molecule has 1 aromatic carbocycles. The van der Waals surface area contributed by atoms with E-state index in [1.807, 2.05) is 12.1 Å². The van der Waals surface area contributed by atoms with Crippen molar-refractivity contribution in [2.24, 2.45) is 0 Å². The minimum atomic E-state index is 0.430. The largest absolute Gasteiger partial charge is 0.383 e. The van der Waals surface area contributed by atoms with Gasteiger partial charge in [-0.2, -0.15) is 4.98 Å². The Hall–Kier alpha value is -1.62. The third-order valence-electron chi connectivity index (χ3n) is 2.57. The first-order valence-electron chi connectivity index (χ1n) is 5.19. The highest BCUT2D eigenvalue weighted by Crippen LogP contribution is 2.22. The zero-order valence-electron chi connectivity index (χ0n) is 9.66. The molecular weight excluding hydrogens is 280 g/mol. The Balaban J connectivity index is 2.34. The average Bonchev–Trinajstić information content (AvgIpc) is 2.23. The number of nitrogen functional groups attached to an aromatic ring is 1. The predicted octanol–water partition coefficient (Wildman–Crippen LogP) is 3.18. The van der Waals surface area contributed by atoms with Crippen molar-refractivity contribution in [3.05, 3.63) is 40.0 Å². The molecule has 0 amide bonds. The number of benzene rings is 1. The second kappa shape index (κ2) is 4.71. The molecule has 2 aromatic rings. The Kier molecular flexibility index (Phi) is 3.28. The standard InChI is InChI=1S/C12H13BrN4/c1-7-4-3-5-9(8(7)2)15-12-16-10(13)6-11(14)17-12/h3-6H,1-2H3,(H3,14,15,16,17). The van der Waals surface area contributed by atoms with Crippen molar-refractivity contribution in [2.75, 3.05) is 11.1 Å². The molecule has 0 fully saturated rings. The van der Waals surface area contributed by atoms with Gasteiger partial charge in [-0.1, -0.05) is 12.1 Å². The second-order valence-electron chi connectivity index (χ2n) is 3.81. The third-order valence-corrected chi connectivity index (χ3v) is 2.97. The van der Waals surface area contributed by atoms with Gasteiger partial charge in [-0.05, 0) is 47.0 Å². The van der Waals surface area contributed by atoms with E-state index in [0.717, 1.165) is 5.69 Å². The summed E-state index contributed by atoms with van der Waals surface area (Å²) in [6.07, 6.45) is 0. The van der Waals surface area contributed by atoms with E-state index >= 15 is 0 Å². The highest BCUT2D eigenvalue weighted by Gasteiger charge is 2.04. The van der Waals surface area contributed by atoms with Crippen LogP contribution in [0.3, 0.4) is 0 Å². The van der Waals surface area contributed by atoms with Crippen molar-refractivity contribution in [3.63, 3.8) is 0 Å². The molecule has 0 unspecified atom stereocenters. The zero-order chi connectivity index (χ0) is 12.4. The smallest absolute Gasteiger partial charge is 0.230 e. The maximum Gasteiger partial charge on any atom is 0.230 e. The molecule has 0 aliphatic rings. The molecule has 88 valence electrons. The van der Waals surface area contributed by atoms with Gasteiger partial charge in [-0.3, -0.25) is 0 Å².